The molecule has 1 N–H and O–H groups in total. The zero-order chi connectivity index (χ0) is 10.7. The molecule has 3 nitrogen and oxygen atoms in total. The number of Topliss-reactive ketones (excluding diaryl/α,β-unsaturated/α-hetero) is 1. The maximum Gasteiger partial charge on any atom is 0.204 e. The second-order valence-electron chi connectivity index (χ2n) is 4.49. The summed E-state index contributed by atoms with van der Waals surface area (Å²) in [4.78, 5) is 12.3. The van der Waals surface area contributed by atoms with Crippen LogP contribution in [0, 0.1) is 5.41 Å². The van der Waals surface area contributed by atoms with Gasteiger partial charge in [0.05, 0.1) is 12.0 Å². The third kappa shape index (κ3) is 1.93. The Bertz CT molecular complexity index is 277. The Morgan fingerprint density at radius 2 is 2.53 bits per heavy atom. The highest BCUT2D eigenvalue weighted by Gasteiger charge is 2.42. The Labute approximate surface area is 90.9 Å². The second kappa shape index (κ2) is 4.35. The molecule has 0 bridgehead atoms. The molecule has 0 amide bonds. The van der Waals surface area contributed by atoms with Crippen molar-refractivity contribution in [1.82, 2.24) is 5.32 Å². The van der Waals surface area contributed by atoms with E-state index in [1.54, 1.807) is 0 Å². The first-order valence-electron chi connectivity index (χ1n) is 5.87. The van der Waals surface area contributed by atoms with Crippen molar-refractivity contribution in [3.63, 3.8) is 0 Å². The smallest absolute Gasteiger partial charge is 0.204 e. The van der Waals surface area contributed by atoms with Gasteiger partial charge in [0.15, 0.2) is 5.76 Å². The normalized spacial score (nSPS) is 30.1. The maximum absolute atomic E-state index is 12.3. The van der Waals surface area contributed by atoms with Gasteiger partial charge in [-0.2, -0.15) is 0 Å². The Hall–Kier alpha value is -0.830. The van der Waals surface area contributed by atoms with Gasteiger partial charge < -0.3 is 10.1 Å². The van der Waals surface area contributed by atoms with E-state index in [0.29, 0.717) is 12.4 Å². The Kier molecular flexibility index (Phi) is 3.10. The van der Waals surface area contributed by atoms with E-state index in [2.05, 4.69) is 12.2 Å². The van der Waals surface area contributed by atoms with E-state index >= 15 is 0 Å². The van der Waals surface area contributed by atoms with Crippen LogP contribution in [0.2, 0.25) is 0 Å². The van der Waals surface area contributed by atoms with Gasteiger partial charge in [-0.3, -0.25) is 4.79 Å². The summed E-state index contributed by atoms with van der Waals surface area (Å²) in [5, 5.41) is 3.30. The molecule has 0 aromatic rings. The number of hydrogen-bond donors (Lipinski definition) is 1. The number of carbonyl (C=O) groups is 1. The lowest BCUT2D eigenvalue weighted by Crippen LogP contribution is -2.34. The lowest BCUT2D eigenvalue weighted by molar-refractivity contribution is -0.127. The predicted octanol–water partition coefficient (Wildman–Crippen LogP) is 1.64. The van der Waals surface area contributed by atoms with Crippen molar-refractivity contribution in [1.29, 1.82) is 0 Å². The fourth-order valence-corrected chi connectivity index (χ4v) is 2.58. The first-order chi connectivity index (χ1) is 7.28. The summed E-state index contributed by atoms with van der Waals surface area (Å²) in [6.07, 6.45) is 5.81. The Morgan fingerprint density at radius 3 is 3.07 bits per heavy atom. The van der Waals surface area contributed by atoms with Crippen LogP contribution in [0.4, 0.5) is 0 Å². The molecule has 0 radical (unpaired) electrons. The summed E-state index contributed by atoms with van der Waals surface area (Å²) in [5.41, 5.74) is -0.176. The average Bonchev–Trinajstić information content (AvgIpc) is 2.88. The molecule has 0 aliphatic carbocycles. The highest BCUT2D eigenvalue weighted by Crippen LogP contribution is 2.35. The quantitative estimate of drug-likeness (QED) is 0.765. The minimum Gasteiger partial charge on any atom is -0.490 e. The molecule has 2 aliphatic rings. The summed E-state index contributed by atoms with van der Waals surface area (Å²) >= 11 is 0. The van der Waals surface area contributed by atoms with Crippen LogP contribution < -0.4 is 5.32 Å². The summed E-state index contributed by atoms with van der Waals surface area (Å²) in [6.45, 7) is 4.59. The molecule has 0 aromatic heterocycles. The standard InChI is InChI=1S/C12H19NO2/c1-2-5-12(6-7-13-9-12)11(14)10-4-3-8-15-10/h4,13H,2-3,5-9H2,1H3. The molecule has 0 saturated carbocycles. The first-order valence-corrected chi connectivity index (χ1v) is 5.87. The van der Waals surface area contributed by atoms with Crippen molar-refractivity contribution in [3.05, 3.63) is 11.8 Å². The lowest BCUT2D eigenvalue weighted by atomic mass is 9.77. The Morgan fingerprint density at radius 1 is 1.67 bits per heavy atom. The zero-order valence-electron chi connectivity index (χ0n) is 9.34. The van der Waals surface area contributed by atoms with Gasteiger partial charge in [-0.25, -0.2) is 0 Å². The van der Waals surface area contributed by atoms with E-state index in [9.17, 15) is 4.79 Å². The molecular weight excluding hydrogens is 190 g/mol. The van der Waals surface area contributed by atoms with Gasteiger partial charge in [-0.05, 0) is 25.5 Å². The van der Waals surface area contributed by atoms with Crippen LogP contribution in [0.5, 0.6) is 0 Å². The molecule has 0 aromatic carbocycles. The van der Waals surface area contributed by atoms with Crippen molar-refractivity contribution in [2.45, 2.75) is 32.6 Å². The van der Waals surface area contributed by atoms with Crippen LogP contribution in [-0.4, -0.2) is 25.5 Å². The van der Waals surface area contributed by atoms with E-state index in [0.717, 1.165) is 38.8 Å². The number of nitrogens with one attached hydrogen (secondary N) is 1. The van der Waals surface area contributed by atoms with Crippen LogP contribution in [0.25, 0.3) is 0 Å². The van der Waals surface area contributed by atoms with Crippen molar-refractivity contribution in [3.8, 4) is 0 Å². The van der Waals surface area contributed by atoms with Gasteiger partial charge in [0, 0.05) is 13.0 Å². The maximum atomic E-state index is 12.3. The molecule has 2 rings (SSSR count). The fourth-order valence-electron chi connectivity index (χ4n) is 2.58. The van der Waals surface area contributed by atoms with Crippen LogP contribution >= 0.6 is 0 Å². The summed E-state index contributed by atoms with van der Waals surface area (Å²) in [6, 6.07) is 0. The summed E-state index contributed by atoms with van der Waals surface area (Å²) < 4.78 is 5.38. The van der Waals surface area contributed by atoms with Gasteiger partial charge >= 0.3 is 0 Å². The molecule has 2 aliphatic heterocycles. The van der Waals surface area contributed by atoms with Gasteiger partial charge in [-0.1, -0.05) is 13.3 Å². The number of rotatable bonds is 4. The number of carbonyl (C=O) groups excluding carboxylic acids is 1. The van der Waals surface area contributed by atoms with E-state index in [-0.39, 0.29) is 11.2 Å². The molecule has 1 unspecified atom stereocenters. The topological polar surface area (TPSA) is 38.3 Å². The third-order valence-corrected chi connectivity index (χ3v) is 3.38. The van der Waals surface area contributed by atoms with Crippen LogP contribution in [0.3, 0.4) is 0 Å². The van der Waals surface area contributed by atoms with E-state index in [1.807, 2.05) is 6.08 Å². The molecule has 0 spiro atoms. The molecule has 15 heavy (non-hydrogen) atoms. The average molecular weight is 209 g/mol. The third-order valence-electron chi connectivity index (χ3n) is 3.38. The number of ether oxygens (including phenoxy) is 1. The zero-order valence-corrected chi connectivity index (χ0v) is 9.34. The van der Waals surface area contributed by atoms with Crippen LogP contribution in [0.15, 0.2) is 11.8 Å². The molecule has 1 fully saturated rings. The molecule has 1 atom stereocenters. The minimum absolute atomic E-state index is 0.176. The number of ketones is 1. The van der Waals surface area contributed by atoms with E-state index < -0.39 is 0 Å². The predicted molar refractivity (Wildman–Crippen MR) is 58.5 cm³/mol. The minimum atomic E-state index is -0.176. The number of hydrogen-bond acceptors (Lipinski definition) is 3. The summed E-state index contributed by atoms with van der Waals surface area (Å²) in [5.74, 6) is 0.846. The van der Waals surface area contributed by atoms with E-state index in [4.69, 9.17) is 4.74 Å². The molecular formula is C12H19NO2. The Balaban J connectivity index is 2.13. The molecule has 1 saturated heterocycles. The second-order valence-corrected chi connectivity index (χ2v) is 4.49. The molecule has 2 heterocycles. The number of allylic oxidation sites excluding steroid dienone is 1. The summed E-state index contributed by atoms with van der Waals surface area (Å²) in [7, 11) is 0. The van der Waals surface area contributed by atoms with Crippen LogP contribution in [0.1, 0.15) is 32.6 Å². The monoisotopic (exact) mass is 209 g/mol. The van der Waals surface area contributed by atoms with Crippen molar-refractivity contribution in [2.24, 2.45) is 5.41 Å². The molecule has 84 valence electrons. The first kappa shape index (κ1) is 10.7. The van der Waals surface area contributed by atoms with Gasteiger partial charge in [0.2, 0.25) is 5.78 Å². The largest absolute Gasteiger partial charge is 0.490 e. The van der Waals surface area contributed by atoms with Crippen molar-refractivity contribution in [2.75, 3.05) is 19.7 Å². The van der Waals surface area contributed by atoms with Gasteiger partial charge in [-0.15, -0.1) is 0 Å². The lowest BCUT2D eigenvalue weighted by Gasteiger charge is -2.26. The highest BCUT2D eigenvalue weighted by atomic mass is 16.5. The van der Waals surface area contributed by atoms with Crippen molar-refractivity contribution >= 4 is 5.78 Å². The van der Waals surface area contributed by atoms with Gasteiger partial charge in [0.25, 0.3) is 0 Å². The fraction of sp³-hybridized carbons (Fsp3) is 0.750. The highest BCUT2D eigenvalue weighted by molar-refractivity contribution is 5.98. The van der Waals surface area contributed by atoms with E-state index in [1.165, 1.54) is 0 Å². The molecule has 3 heteroatoms. The van der Waals surface area contributed by atoms with Crippen LogP contribution in [-0.2, 0) is 9.53 Å². The SMILES string of the molecule is CCCC1(C(=O)C2=CCCO2)CCNC1. The van der Waals surface area contributed by atoms with Gasteiger partial charge in [0.1, 0.15) is 0 Å². The van der Waals surface area contributed by atoms with Crippen molar-refractivity contribution < 1.29 is 9.53 Å².